The second-order valence-corrected chi connectivity index (χ2v) is 6.29. The lowest BCUT2D eigenvalue weighted by atomic mass is 9.86. The number of fused-ring (bicyclic) bond motifs is 1. The van der Waals surface area contributed by atoms with E-state index in [0.29, 0.717) is 22.4 Å². The smallest absolute Gasteiger partial charge is 0.154 e. The van der Waals surface area contributed by atoms with Crippen molar-refractivity contribution >= 4 is 5.84 Å². The molecule has 0 radical (unpaired) electrons. The van der Waals surface area contributed by atoms with Gasteiger partial charge in [-0.2, -0.15) is 5.26 Å². The van der Waals surface area contributed by atoms with Gasteiger partial charge in [-0.15, -0.1) is 0 Å². The van der Waals surface area contributed by atoms with Crippen LogP contribution >= 0.6 is 0 Å². The van der Waals surface area contributed by atoms with Gasteiger partial charge in [0, 0.05) is 23.5 Å². The second-order valence-electron chi connectivity index (χ2n) is 6.29. The van der Waals surface area contributed by atoms with Gasteiger partial charge < -0.3 is 9.84 Å². The first-order valence-electron chi connectivity index (χ1n) is 7.75. The van der Waals surface area contributed by atoms with E-state index >= 15 is 0 Å². The Hall–Kier alpha value is -2.95. The molecule has 0 aliphatic carbocycles. The lowest BCUT2D eigenvalue weighted by Crippen LogP contribution is -2.48. The number of nitrogens with one attached hydrogen (secondary N) is 1. The lowest BCUT2D eigenvalue weighted by molar-refractivity contribution is -0.0568. The summed E-state index contributed by atoms with van der Waals surface area (Å²) in [5.41, 5.74) is 2.78. The van der Waals surface area contributed by atoms with Gasteiger partial charge in [0.15, 0.2) is 5.84 Å². The minimum Gasteiger partial charge on any atom is -0.485 e. The molecule has 128 valence electrons. The fourth-order valence-electron chi connectivity index (χ4n) is 2.79. The number of hydrogen-bond acceptors (Lipinski definition) is 6. The summed E-state index contributed by atoms with van der Waals surface area (Å²) in [5, 5.41) is 29.4. The quantitative estimate of drug-likeness (QED) is 0.438. The number of aliphatic hydroxyl groups is 1. The summed E-state index contributed by atoms with van der Waals surface area (Å²) in [6, 6.07) is 9.79. The number of nitrogens with zero attached hydrogens (tertiary/aromatic N) is 3. The van der Waals surface area contributed by atoms with Crippen LogP contribution in [-0.2, 0) is 0 Å². The maximum Gasteiger partial charge on any atom is 0.154 e. The second kappa shape index (κ2) is 6.51. The molecule has 2 heterocycles. The van der Waals surface area contributed by atoms with Crippen LogP contribution in [0.15, 0.2) is 47.7 Å². The van der Waals surface area contributed by atoms with Crippen molar-refractivity contribution in [2.45, 2.75) is 31.6 Å². The number of pyridine rings is 1. The molecule has 0 spiro atoms. The van der Waals surface area contributed by atoms with Crippen molar-refractivity contribution in [1.82, 2.24) is 10.5 Å². The molecule has 1 aromatic heterocycles. The van der Waals surface area contributed by atoms with Crippen molar-refractivity contribution in [2.75, 3.05) is 0 Å². The van der Waals surface area contributed by atoms with Crippen LogP contribution in [0.25, 0.3) is 0 Å². The molecule has 2 aromatic rings. The molecule has 1 aromatic carbocycles. The van der Waals surface area contributed by atoms with Gasteiger partial charge in [0.1, 0.15) is 23.5 Å². The monoisotopic (exact) mass is 338 g/mol. The van der Waals surface area contributed by atoms with E-state index in [1.807, 2.05) is 0 Å². The molecule has 0 amide bonds. The van der Waals surface area contributed by atoms with Gasteiger partial charge in [-0.1, -0.05) is 0 Å². The summed E-state index contributed by atoms with van der Waals surface area (Å²) in [7, 11) is 0. The fourth-order valence-corrected chi connectivity index (χ4v) is 2.79. The number of benzene rings is 1. The van der Waals surface area contributed by atoms with Crippen molar-refractivity contribution in [3.8, 4) is 11.8 Å². The minimum atomic E-state index is -0.978. The maximum atomic E-state index is 10.8. The van der Waals surface area contributed by atoms with E-state index in [2.05, 4.69) is 21.5 Å². The highest BCUT2D eigenvalue weighted by atomic mass is 16.5. The molecule has 7 heteroatoms. The zero-order chi connectivity index (χ0) is 18.0. The van der Waals surface area contributed by atoms with Crippen molar-refractivity contribution in [3.05, 3.63) is 59.4 Å². The molecule has 2 atom stereocenters. The average molecular weight is 338 g/mol. The van der Waals surface area contributed by atoms with E-state index in [1.54, 1.807) is 56.6 Å². The Balaban J connectivity index is 2.13. The van der Waals surface area contributed by atoms with Gasteiger partial charge in [-0.05, 0) is 44.2 Å². The first-order valence-corrected chi connectivity index (χ1v) is 7.75. The minimum absolute atomic E-state index is 0.170. The summed E-state index contributed by atoms with van der Waals surface area (Å²) in [6.45, 7) is 3.52. The third-order valence-electron chi connectivity index (χ3n) is 4.15. The maximum absolute atomic E-state index is 10.8. The van der Waals surface area contributed by atoms with Crippen LogP contribution in [-0.4, -0.2) is 32.8 Å². The SMILES string of the molecule is CC1(C)Oc2ccc(C#N)cc2[C@@H](N=C(NO)c2cccnc2)[C@@H]1O. The Morgan fingerprint density at radius 2 is 2.20 bits per heavy atom. The Morgan fingerprint density at radius 3 is 2.84 bits per heavy atom. The number of nitriles is 1. The summed E-state index contributed by atoms with van der Waals surface area (Å²) in [6.07, 6.45) is 2.18. The number of aliphatic imine (C=N–C) groups is 1. The third kappa shape index (κ3) is 3.18. The predicted octanol–water partition coefficient (Wildman–Crippen LogP) is 1.95. The van der Waals surface area contributed by atoms with Crippen molar-refractivity contribution in [1.29, 1.82) is 5.26 Å². The first-order chi connectivity index (χ1) is 12.0. The van der Waals surface area contributed by atoms with E-state index in [0.717, 1.165) is 0 Å². The molecule has 0 fully saturated rings. The largest absolute Gasteiger partial charge is 0.485 e. The predicted molar refractivity (Wildman–Crippen MR) is 90.3 cm³/mol. The van der Waals surface area contributed by atoms with Crippen molar-refractivity contribution < 1.29 is 15.1 Å². The molecule has 3 N–H and O–H groups in total. The van der Waals surface area contributed by atoms with Gasteiger partial charge >= 0.3 is 0 Å². The number of ether oxygens (including phenoxy) is 1. The normalized spacial score (nSPS) is 21.6. The zero-order valence-electron chi connectivity index (χ0n) is 13.8. The summed E-state index contributed by atoms with van der Waals surface area (Å²) < 4.78 is 5.86. The van der Waals surface area contributed by atoms with Crippen LogP contribution in [0.5, 0.6) is 5.75 Å². The van der Waals surface area contributed by atoms with Gasteiger partial charge in [0.05, 0.1) is 11.6 Å². The number of hydrogen-bond donors (Lipinski definition) is 3. The van der Waals surface area contributed by atoms with E-state index in [-0.39, 0.29) is 5.84 Å². The molecule has 3 rings (SSSR count). The first kappa shape index (κ1) is 16.9. The number of amidine groups is 1. The van der Waals surface area contributed by atoms with Gasteiger partial charge in [-0.25, -0.2) is 0 Å². The highest BCUT2D eigenvalue weighted by molar-refractivity contribution is 5.97. The van der Waals surface area contributed by atoms with Gasteiger partial charge in [-0.3, -0.25) is 20.7 Å². The van der Waals surface area contributed by atoms with Crippen molar-refractivity contribution in [2.24, 2.45) is 4.99 Å². The number of aliphatic hydroxyl groups excluding tert-OH is 1. The number of aromatic nitrogens is 1. The highest BCUT2D eigenvalue weighted by Gasteiger charge is 2.43. The Labute approximate surface area is 145 Å². The molecule has 25 heavy (non-hydrogen) atoms. The summed E-state index contributed by atoms with van der Waals surface area (Å²) >= 11 is 0. The number of hydroxylamine groups is 1. The van der Waals surface area contributed by atoms with Crippen molar-refractivity contribution in [3.63, 3.8) is 0 Å². The fraction of sp³-hybridized carbons (Fsp3) is 0.278. The van der Waals surface area contributed by atoms with E-state index in [9.17, 15) is 10.3 Å². The van der Waals surface area contributed by atoms with Crippen LogP contribution in [0.1, 0.15) is 36.6 Å². The summed E-state index contributed by atoms with van der Waals surface area (Å²) in [4.78, 5) is 8.50. The van der Waals surface area contributed by atoms with Crippen LogP contribution in [0.4, 0.5) is 0 Å². The lowest BCUT2D eigenvalue weighted by Gasteiger charge is -2.40. The molecule has 0 bridgehead atoms. The van der Waals surface area contributed by atoms with E-state index in [4.69, 9.17) is 10.00 Å². The zero-order valence-corrected chi connectivity index (χ0v) is 13.8. The highest BCUT2D eigenvalue weighted by Crippen LogP contribution is 2.42. The van der Waals surface area contributed by atoms with E-state index < -0.39 is 17.7 Å². The molecule has 1 aliphatic heterocycles. The molecule has 7 nitrogen and oxygen atoms in total. The standard InChI is InChI=1S/C18H18N4O3/c1-18(2)16(23)15(13-8-11(9-19)5-6-14(13)25-18)21-17(22-24)12-4-3-7-20-10-12/h3-8,10,15-16,23-24H,1-2H3,(H,21,22)/t15-,16+/m1/s1. The Morgan fingerprint density at radius 1 is 1.40 bits per heavy atom. The molecular weight excluding hydrogens is 320 g/mol. The Bertz CT molecular complexity index is 843. The molecule has 0 saturated carbocycles. The topological polar surface area (TPSA) is 111 Å². The van der Waals surface area contributed by atoms with E-state index in [1.165, 1.54) is 0 Å². The Kier molecular flexibility index (Phi) is 4.40. The number of rotatable bonds is 2. The van der Waals surface area contributed by atoms with Gasteiger partial charge in [0.2, 0.25) is 0 Å². The summed E-state index contributed by atoms with van der Waals surface area (Å²) in [5.74, 6) is 0.717. The average Bonchev–Trinajstić information content (AvgIpc) is 2.62. The molecular formula is C18H18N4O3. The van der Waals surface area contributed by atoms with Crippen LogP contribution in [0.3, 0.4) is 0 Å². The van der Waals surface area contributed by atoms with Crippen LogP contribution in [0, 0.1) is 11.3 Å². The van der Waals surface area contributed by atoms with Crippen LogP contribution in [0.2, 0.25) is 0 Å². The molecule has 0 saturated heterocycles. The third-order valence-corrected chi connectivity index (χ3v) is 4.15. The molecule has 1 aliphatic rings. The van der Waals surface area contributed by atoms with Gasteiger partial charge in [0.25, 0.3) is 0 Å². The molecule has 0 unspecified atom stereocenters. The van der Waals surface area contributed by atoms with Crippen LogP contribution < -0.4 is 10.2 Å².